The molecule has 31 heavy (non-hydrogen) atoms. The maximum atomic E-state index is 12.0. The minimum Gasteiger partial charge on any atom is -0.503 e. The Labute approximate surface area is 176 Å². The van der Waals surface area contributed by atoms with Crippen molar-refractivity contribution in [1.29, 1.82) is 0 Å². The first-order valence-corrected chi connectivity index (χ1v) is 11.6. The molecular weight excluding hydrogens is 456 g/mol. The van der Waals surface area contributed by atoms with Crippen LogP contribution in [-0.2, 0) is 20.1 Å². The minimum absolute atomic E-state index is 0.0922. The van der Waals surface area contributed by atoms with Crippen LogP contribution in [0.5, 0.6) is 11.5 Å². The van der Waals surface area contributed by atoms with Crippen LogP contribution in [0, 0.1) is 10.1 Å². The fourth-order valence-corrected chi connectivity index (χ4v) is 3.95. The molecule has 2 aromatic rings. The van der Waals surface area contributed by atoms with Crippen LogP contribution in [0.1, 0.15) is 25.3 Å². The van der Waals surface area contributed by atoms with Crippen LogP contribution in [-0.4, -0.2) is 38.1 Å². The molecule has 2 rings (SSSR count). The fraction of sp³-hybridized carbons (Fsp3) is 0.267. The SMILES string of the molecule is CC(C)c1c(N=Nc2ccc([N+](=O)[O-])cc2OS(C)(=O)=O)nc(N)c(O)c1S(N)(=O)=O. The lowest BCUT2D eigenvalue weighted by atomic mass is 10.0. The van der Waals surface area contributed by atoms with Crippen molar-refractivity contribution in [2.24, 2.45) is 15.4 Å². The lowest BCUT2D eigenvalue weighted by Crippen LogP contribution is -2.17. The van der Waals surface area contributed by atoms with Gasteiger partial charge in [0.2, 0.25) is 10.0 Å². The van der Waals surface area contributed by atoms with Gasteiger partial charge in [0, 0.05) is 11.6 Å². The van der Waals surface area contributed by atoms with Crippen molar-refractivity contribution in [2.75, 3.05) is 12.0 Å². The van der Waals surface area contributed by atoms with Crippen molar-refractivity contribution in [3.8, 4) is 11.5 Å². The van der Waals surface area contributed by atoms with Gasteiger partial charge in [-0.2, -0.15) is 8.42 Å². The van der Waals surface area contributed by atoms with E-state index in [1.54, 1.807) is 13.8 Å². The van der Waals surface area contributed by atoms with Crippen LogP contribution >= 0.6 is 0 Å². The maximum absolute atomic E-state index is 12.0. The van der Waals surface area contributed by atoms with Gasteiger partial charge in [0.25, 0.3) is 5.69 Å². The summed E-state index contributed by atoms with van der Waals surface area (Å²) in [5.41, 5.74) is 4.76. The van der Waals surface area contributed by atoms with Crippen molar-refractivity contribution in [1.82, 2.24) is 4.98 Å². The highest BCUT2D eigenvalue weighted by Gasteiger charge is 2.28. The molecule has 0 fully saturated rings. The number of pyridine rings is 1. The van der Waals surface area contributed by atoms with Crippen LogP contribution in [0.15, 0.2) is 33.3 Å². The number of nitro groups is 1. The Bertz CT molecular complexity index is 1290. The highest BCUT2D eigenvalue weighted by Crippen LogP contribution is 2.41. The topological polar surface area (TPSA) is 231 Å². The van der Waals surface area contributed by atoms with Crippen molar-refractivity contribution in [3.63, 3.8) is 0 Å². The zero-order chi connectivity index (χ0) is 23.7. The van der Waals surface area contributed by atoms with E-state index >= 15 is 0 Å². The molecule has 0 unspecified atom stereocenters. The summed E-state index contributed by atoms with van der Waals surface area (Å²) in [4.78, 5) is 13.3. The van der Waals surface area contributed by atoms with E-state index in [-0.39, 0.29) is 17.1 Å². The van der Waals surface area contributed by atoms with Crippen LogP contribution in [0.2, 0.25) is 0 Å². The molecule has 0 radical (unpaired) electrons. The summed E-state index contributed by atoms with van der Waals surface area (Å²) < 4.78 is 51.7. The molecule has 0 amide bonds. The zero-order valence-electron chi connectivity index (χ0n) is 16.4. The molecular formula is C15H18N6O8S2. The van der Waals surface area contributed by atoms with Crippen molar-refractivity contribution >= 4 is 43.2 Å². The van der Waals surface area contributed by atoms with Crippen molar-refractivity contribution in [3.05, 3.63) is 33.9 Å². The number of benzene rings is 1. The number of sulfonamides is 1. The molecule has 1 aromatic heterocycles. The first kappa shape index (κ1) is 23.9. The normalized spacial score (nSPS) is 12.4. The van der Waals surface area contributed by atoms with Gasteiger partial charge in [-0.05, 0) is 12.0 Å². The van der Waals surface area contributed by atoms with E-state index in [2.05, 4.69) is 15.2 Å². The number of aromatic hydroxyl groups is 1. The van der Waals surface area contributed by atoms with E-state index in [0.29, 0.717) is 0 Å². The van der Waals surface area contributed by atoms with Gasteiger partial charge >= 0.3 is 10.1 Å². The summed E-state index contributed by atoms with van der Waals surface area (Å²) in [6.07, 6.45) is 0.726. The average Bonchev–Trinajstić information content (AvgIpc) is 2.60. The van der Waals surface area contributed by atoms with Gasteiger partial charge in [0.1, 0.15) is 10.6 Å². The molecule has 14 nitrogen and oxygen atoms in total. The monoisotopic (exact) mass is 474 g/mol. The van der Waals surface area contributed by atoms with Crippen LogP contribution < -0.4 is 15.1 Å². The van der Waals surface area contributed by atoms with Crippen LogP contribution in [0.25, 0.3) is 0 Å². The molecule has 0 aliphatic rings. The van der Waals surface area contributed by atoms with Gasteiger partial charge in [0.15, 0.2) is 23.1 Å². The first-order chi connectivity index (χ1) is 14.1. The number of nitrogens with zero attached hydrogens (tertiary/aromatic N) is 4. The number of nitro benzene ring substituents is 1. The average molecular weight is 474 g/mol. The van der Waals surface area contributed by atoms with E-state index in [9.17, 15) is 32.1 Å². The van der Waals surface area contributed by atoms with Gasteiger partial charge in [-0.1, -0.05) is 13.8 Å². The third-order valence-electron chi connectivity index (χ3n) is 3.68. The molecule has 0 spiro atoms. The fourth-order valence-electron chi connectivity index (χ4n) is 2.49. The molecule has 1 heterocycles. The van der Waals surface area contributed by atoms with Gasteiger partial charge in [0.05, 0.1) is 17.2 Å². The predicted molar refractivity (Wildman–Crippen MR) is 109 cm³/mol. The number of non-ortho nitro benzene ring substituents is 1. The molecule has 0 aliphatic heterocycles. The number of nitrogen functional groups attached to an aromatic ring is 1. The summed E-state index contributed by atoms with van der Waals surface area (Å²) in [5.74, 6) is -2.81. The summed E-state index contributed by atoms with van der Waals surface area (Å²) >= 11 is 0. The summed E-state index contributed by atoms with van der Waals surface area (Å²) in [6.45, 7) is 3.15. The summed E-state index contributed by atoms with van der Waals surface area (Å²) in [5, 5.41) is 33.8. The number of anilines is 1. The Kier molecular flexibility index (Phi) is 6.48. The second-order valence-electron chi connectivity index (χ2n) is 6.51. The minimum atomic E-state index is -4.44. The number of hydrogen-bond donors (Lipinski definition) is 3. The van der Waals surface area contributed by atoms with E-state index in [1.165, 1.54) is 0 Å². The van der Waals surface area contributed by atoms with Gasteiger partial charge in [-0.3, -0.25) is 10.1 Å². The van der Waals surface area contributed by atoms with Gasteiger partial charge in [-0.25, -0.2) is 18.5 Å². The summed E-state index contributed by atoms with van der Waals surface area (Å²) in [6, 6.07) is 2.93. The lowest BCUT2D eigenvalue weighted by molar-refractivity contribution is -0.384. The second-order valence-corrected chi connectivity index (χ2v) is 9.58. The number of rotatable bonds is 7. The van der Waals surface area contributed by atoms with E-state index in [1.807, 2.05) is 0 Å². The van der Waals surface area contributed by atoms with Crippen LogP contribution in [0.4, 0.5) is 23.0 Å². The Morgan fingerprint density at radius 2 is 1.84 bits per heavy atom. The Balaban J connectivity index is 2.73. The van der Waals surface area contributed by atoms with E-state index in [0.717, 1.165) is 24.5 Å². The molecule has 0 bridgehead atoms. The number of hydrogen-bond acceptors (Lipinski definition) is 12. The molecule has 168 valence electrons. The zero-order valence-corrected chi connectivity index (χ0v) is 18.0. The lowest BCUT2D eigenvalue weighted by Gasteiger charge is -2.15. The van der Waals surface area contributed by atoms with E-state index in [4.69, 9.17) is 15.1 Å². The first-order valence-electron chi connectivity index (χ1n) is 8.26. The Morgan fingerprint density at radius 1 is 1.23 bits per heavy atom. The summed E-state index contributed by atoms with van der Waals surface area (Å²) in [7, 11) is -8.51. The quantitative estimate of drug-likeness (QED) is 0.228. The van der Waals surface area contributed by atoms with Crippen molar-refractivity contribution in [2.45, 2.75) is 24.7 Å². The molecule has 5 N–H and O–H groups in total. The Morgan fingerprint density at radius 3 is 2.32 bits per heavy atom. The molecule has 16 heteroatoms. The predicted octanol–water partition coefficient (Wildman–Crippen LogP) is 1.80. The second kappa shape index (κ2) is 8.40. The number of nitrogens with two attached hydrogens (primary N) is 2. The number of primary sulfonamides is 1. The smallest absolute Gasteiger partial charge is 0.306 e. The molecule has 0 saturated heterocycles. The highest BCUT2D eigenvalue weighted by molar-refractivity contribution is 7.89. The van der Waals surface area contributed by atoms with Crippen LogP contribution in [0.3, 0.4) is 0 Å². The molecule has 0 atom stereocenters. The number of azo groups is 1. The third kappa shape index (κ3) is 5.62. The van der Waals surface area contributed by atoms with Crippen molar-refractivity contribution < 1.29 is 31.0 Å². The standard InChI is InChI=1S/C15H18N6O8S2/c1-7(2)11-13(31(17,27)28)12(22)14(16)18-15(11)20-19-9-5-4-8(21(23)24)6-10(9)29-30(3,25)26/h4-7,22H,1-3H3,(H2,16,18)(H2,17,27,28). The van der Waals surface area contributed by atoms with Gasteiger partial charge < -0.3 is 15.0 Å². The Hall–Kier alpha value is -3.37. The maximum Gasteiger partial charge on any atom is 0.306 e. The highest BCUT2D eigenvalue weighted by atomic mass is 32.2. The van der Waals surface area contributed by atoms with Gasteiger partial charge in [-0.15, -0.1) is 10.2 Å². The third-order valence-corrected chi connectivity index (χ3v) is 5.14. The largest absolute Gasteiger partial charge is 0.503 e. The number of aromatic nitrogens is 1. The molecule has 0 aliphatic carbocycles. The molecule has 0 saturated carbocycles. The molecule has 1 aromatic carbocycles. The van der Waals surface area contributed by atoms with E-state index < -0.39 is 58.9 Å².